The summed E-state index contributed by atoms with van der Waals surface area (Å²) in [5.41, 5.74) is 0. The van der Waals surface area contributed by atoms with Crippen molar-refractivity contribution in [2.24, 2.45) is 11.8 Å². The summed E-state index contributed by atoms with van der Waals surface area (Å²) < 4.78 is 0. The van der Waals surface area contributed by atoms with E-state index in [0.29, 0.717) is 0 Å². The first-order chi connectivity index (χ1) is 8.85. The van der Waals surface area contributed by atoms with Crippen LogP contribution >= 0.6 is 0 Å². The van der Waals surface area contributed by atoms with Gasteiger partial charge in [0.1, 0.15) is 0 Å². The Morgan fingerprint density at radius 1 is 1.11 bits per heavy atom. The van der Waals surface area contributed by atoms with Crippen LogP contribution in [0, 0.1) is 11.8 Å². The Labute approximate surface area is 114 Å². The van der Waals surface area contributed by atoms with Crippen molar-refractivity contribution in [2.75, 3.05) is 26.2 Å². The Kier molecular flexibility index (Phi) is 5.97. The van der Waals surface area contributed by atoms with E-state index >= 15 is 0 Å². The second kappa shape index (κ2) is 7.49. The van der Waals surface area contributed by atoms with Gasteiger partial charge in [-0.3, -0.25) is 4.90 Å². The van der Waals surface area contributed by atoms with Crippen molar-refractivity contribution in [3.63, 3.8) is 0 Å². The fourth-order valence-corrected chi connectivity index (χ4v) is 3.94. The van der Waals surface area contributed by atoms with Crippen LogP contribution in [0.1, 0.15) is 58.8 Å². The molecule has 0 radical (unpaired) electrons. The molecule has 3 unspecified atom stereocenters. The first-order valence-corrected chi connectivity index (χ1v) is 8.29. The smallest absolute Gasteiger partial charge is 0.0218 e. The molecular weight excluding hydrogens is 220 g/mol. The standard InChI is InChI=1S/C16H32N2/c1-3-10-17-12-16(4-2)18-11-9-14-7-5-6-8-15(14)13-18/h14-17H,3-13H2,1-2H3. The normalized spacial score (nSPS) is 31.0. The van der Waals surface area contributed by atoms with Gasteiger partial charge in [0.05, 0.1) is 0 Å². The minimum Gasteiger partial charge on any atom is -0.315 e. The molecule has 1 saturated heterocycles. The molecule has 1 aliphatic carbocycles. The Hall–Kier alpha value is -0.0800. The molecule has 2 rings (SSSR count). The first kappa shape index (κ1) is 14.3. The Bertz CT molecular complexity index is 229. The lowest BCUT2D eigenvalue weighted by molar-refractivity contribution is 0.0552. The summed E-state index contributed by atoms with van der Waals surface area (Å²) in [7, 11) is 0. The monoisotopic (exact) mass is 252 g/mol. The van der Waals surface area contributed by atoms with Gasteiger partial charge in [-0.1, -0.05) is 33.1 Å². The van der Waals surface area contributed by atoms with Crippen LogP contribution in [-0.2, 0) is 0 Å². The summed E-state index contributed by atoms with van der Waals surface area (Å²) in [6, 6.07) is 0.777. The maximum atomic E-state index is 3.61. The molecule has 0 aromatic rings. The van der Waals surface area contributed by atoms with E-state index in [0.717, 1.165) is 17.9 Å². The molecule has 18 heavy (non-hydrogen) atoms. The molecule has 0 aromatic carbocycles. The predicted molar refractivity (Wildman–Crippen MR) is 78.9 cm³/mol. The zero-order chi connectivity index (χ0) is 12.8. The van der Waals surface area contributed by atoms with E-state index in [1.165, 1.54) is 71.1 Å². The van der Waals surface area contributed by atoms with Gasteiger partial charge in [-0.2, -0.15) is 0 Å². The van der Waals surface area contributed by atoms with Crippen LogP contribution < -0.4 is 5.32 Å². The Morgan fingerprint density at radius 3 is 2.61 bits per heavy atom. The molecule has 1 aliphatic heterocycles. The molecular formula is C16H32N2. The van der Waals surface area contributed by atoms with Gasteiger partial charge in [-0.15, -0.1) is 0 Å². The Morgan fingerprint density at radius 2 is 1.89 bits per heavy atom. The summed E-state index contributed by atoms with van der Waals surface area (Å²) in [5, 5.41) is 3.61. The molecule has 1 N–H and O–H groups in total. The fraction of sp³-hybridized carbons (Fsp3) is 1.00. The van der Waals surface area contributed by atoms with E-state index in [9.17, 15) is 0 Å². The predicted octanol–water partition coefficient (Wildman–Crippen LogP) is 3.28. The quantitative estimate of drug-likeness (QED) is 0.730. The SMILES string of the molecule is CCCNCC(CC)N1CCC2CCCCC2C1. The Balaban J connectivity index is 1.80. The second-order valence-electron chi connectivity index (χ2n) is 6.35. The summed E-state index contributed by atoms with van der Waals surface area (Å²) in [5.74, 6) is 2.09. The minimum absolute atomic E-state index is 0.777. The van der Waals surface area contributed by atoms with Crippen LogP contribution in [0.25, 0.3) is 0 Å². The van der Waals surface area contributed by atoms with Crippen molar-refractivity contribution >= 4 is 0 Å². The number of nitrogens with one attached hydrogen (secondary N) is 1. The average molecular weight is 252 g/mol. The highest BCUT2D eigenvalue weighted by Crippen LogP contribution is 2.36. The lowest BCUT2D eigenvalue weighted by atomic mass is 9.75. The van der Waals surface area contributed by atoms with E-state index < -0.39 is 0 Å². The van der Waals surface area contributed by atoms with Gasteiger partial charge in [0, 0.05) is 19.1 Å². The van der Waals surface area contributed by atoms with E-state index in [4.69, 9.17) is 0 Å². The molecule has 106 valence electrons. The molecule has 2 nitrogen and oxygen atoms in total. The number of rotatable bonds is 6. The molecule has 0 aromatic heterocycles. The number of fused-ring (bicyclic) bond motifs is 1. The third-order valence-corrected chi connectivity index (χ3v) is 5.12. The second-order valence-corrected chi connectivity index (χ2v) is 6.35. The zero-order valence-corrected chi connectivity index (χ0v) is 12.5. The molecule has 2 fully saturated rings. The fourth-order valence-electron chi connectivity index (χ4n) is 3.94. The largest absolute Gasteiger partial charge is 0.315 e. The van der Waals surface area contributed by atoms with Gasteiger partial charge < -0.3 is 5.32 Å². The first-order valence-electron chi connectivity index (χ1n) is 8.29. The molecule has 0 spiro atoms. The molecule has 0 amide bonds. The van der Waals surface area contributed by atoms with Crippen LogP contribution in [0.5, 0.6) is 0 Å². The van der Waals surface area contributed by atoms with Crippen LogP contribution in [0.3, 0.4) is 0 Å². The molecule has 0 bridgehead atoms. The zero-order valence-electron chi connectivity index (χ0n) is 12.5. The van der Waals surface area contributed by atoms with Crippen molar-refractivity contribution in [2.45, 2.75) is 64.8 Å². The van der Waals surface area contributed by atoms with Gasteiger partial charge in [0.2, 0.25) is 0 Å². The summed E-state index contributed by atoms with van der Waals surface area (Å²) in [6.07, 6.45) is 10.0. The summed E-state index contributed by atoms with van der Waals surface area (Å²) >= 11 is 0. The maximum absolute atomic E-state index is 3.61. The van der Waals surface area contributed by atoms with Crippen molar-refractivity contribution in [3.8, 4) is 0 Å². The van der Waals surface area contributed by atoms with Crippen LogP contribution in [-0.4, -0.2) is 37.1 Å². The van der Waals surface area contributed by atoms with E-state index in [1.807, 2.05) is 0 Å². The molecule has 3 atom stereocenters. The van der Waals surface area contributed by atoms with Crippen molar-refractivity contribution in [3.05, 3.63) is 0 Å². The lowest BCUT2D eigenvalue weighted by Gasteiger charge is -2.44. The number of piperidine rings is 1. The number of hydrogen-bond acceptors (Lipinski definition) is 2. The van der Waals surface area contributed by atoms with E-state index in [1.54, 1.807) is 0 Å². The van der Waals surface area contributed by atoms with Gasteiger partial charge in [0.15, 0.2) is 0 Å². The maximum Gasteiger partial charge on any atom is 0.0218 e. The molecule has 2 heteroatoms. The lowest BCUT2D eigenvalue weighted by Crippen LogP contribution is -2.49. The third-order valence-electron chi connectivity index (χ3n) is 5.12. The van der Waals surface area contributed by atoms with Gasteiger partial charge in [-0.05, 0) is 50.6 Å². The van der Waals surface area contributed by atoms with Crippen molar-refractivity contribution in [1.29, 1.82) is 0 Å². The van der Waals surface area contributed by atoms with Gasteiger partial charge in [-0.25, -0.2) is 0 Å². The van der Waals surface area contributed by atoms with Gasteiger partial charge in [0.25, 0.3) is 0 Å². The van der Waals surface area contributed by atoms with Crippen LogP contribution in [0.15, 0.2) is 0 Å². The van der Waals surface area contributed by atoms with Gasteiger partial charge >= 0.3 is 0 Å². The third kappa shape index (κ3) is 3.71. The molecule has 1 heterocycles. The highest BCUT2D eigenvalue weighted by atomic mass is 15.2. The van der Waals surface area contributed by atoms with Crippen LogP contribution in [0.2, 0.25) is 0 Å². The topological polar surface area (TPSA) is 15.3 Å². The minimum atomic E-state index is 0.777. The number of nitrogens with zero attached hydrogens (tertiary/aromatic N) is 1. The van der Waals surface area contributed by atoms with Crippen molar-refractivity contribution in [1.82, 2.24) is 10.2 Å². The van der Waals surface area contributed by atoms with Crippen molar-refractivity contribution < 1.29 is 0 Å². The average Bonchev–Trinajstić information content (AvgIpc) is 2.43. The summed E-state index contributed by atoms with van der Waals surface area (Å²) in [6.45, 7) is 9.72. The molecule has 2 aliphatic rings. The molecule has 1 saturated carbocycles. The number of likely N-dealkylation sites (tertiary alicyclic amines) is 1. The highest BCUT2D eigenvalue weighted by Gasteiger charge is 2.33. The van der Waals surface area contributed by atoms with E-state index in [2.05, 4.69) is 24.1 Å². The van der Waals surface area contributed by atoms with Crippen LogP contribution in [0.4, 0.5) is 0 Å². The van der Waals surface area contributed by atoms with E-state index in [-0.39, 0.29) is 0 Å². The highest BCUT2D eigenvalue weighted by molar-refractivity contribution is 4.86. The number of hydrogen-bond donors (Lipinski definition) is 1. The summed E-state index contributed by atoms with van der Waals surface area (Å²) in [4.78, 5) is 2.79.